The van der Waals surface area contributed by atoms with E-state index in [-0.39, 0.29) is 5.82 Å². The van der Waals surface area contributed by atoms with Crippen LogP contribution >= 0.6 is 0 Å². The number of nitrogens with two attached hydrogens (primary N) is 1. The van der Waals surface area contributed by atoms with Gasteiger partial charge in [-0.15, -0.1) is 0 Å². The highest BCUT2D eigenvalue weighted by Gasteiger charge is 2.01. The van der Waals surface area contributed by atoms with Crippen molar-refractivity contribution in [2.75, 3.05) is 18.9 Å². The molecule has 0 aliphatic rings. The van der Waals surface area contributed by atoms with Crippen molar-refractivity contribution in [3.8, 4) is 0 Å². The van der Waals surface area contributed by atoms with E-state index >= 15 is 0 Å². The zero-order chi connectivity index (χ0) is 10.6. The van der Waals surface area contributed by atoms with Gasteiger partial charge in [-0.2, -0.15) is 0 Å². The monoisotopic (exact) mass is 199 g/mol. The van der Waals surface area contributed by atoms with Crippen molar-refractivity contribution in [3.05, 3.63) is 26.9 Å². The molecule has 0 atom stereocenters. The number of aromatic amines is 1. The summed E-state index contributed by atoms with van der Waals surface area (Å²) < 4.78 is 6.33. The van der Waals surface area contributed by atoms with E-state index in [0.29, 0.717) is 19.8 Å². The smallest absolute Gasteiger partial charge is 0.329 e. The van der Waals surface area contributed by atoms with Crippen molar-refractivity contribution in [2.45, 2.75) is 13.5 Å². The summed E-state index contributed by atoms with van der Waals surface area (Å²) in [5.41, 5.74) is 4.50. The Bertz CT molecular complexity index is 407. The summed E-state index contributed by atoms with van der Waals surface area (Å²) in [4.78, 5) is 24.2. The predicted octanol–water partition coefficient (Wildman–Crippen LogP) is -0.845. The number of nitrogens with zero attached hydrogens (tertiary/aromatic N) is 1. The average molecular weight is 199 g/mol. The summed E-state index contributed by atoms with van der Waals surface area (Å²) in [5, 5.41) is 0. The first kappa shape index (κ1) is 10.5. The van der Waals surface area contributed by atoms with Crippen LogP contribution < -0.4 is 17.0 Å². The van der Waals surface area contributed by atoms with Crippen molar-refractivity contribution >= 4 is 5.82 Å². The fourth-order valence-corrected chi connectivity index (χ4v) is 1.07. The third-order valence-corrected chi connectivity index (χ3v) is 1.73. The lowest BCUT2D eigenvalue weighted by Gasteiger charge is -2.07. The number of hydrogen-bond acceptors (Lipinski definition) is 4. The average Bonchev–Trinajstić information content (AvgIpc) is 2.09. The molecule has 14 heavy (non-hydrogen) atoms. The molecule has 0 aliphatic carbocycles. The maximum absolute atomic E-state index is 11.2. The molecule has 0 unspecified atom stereocenters. The summed E-state index contributed by atoms with van der Waals surface area (Å²) >= 11 is 0. The first-order valence-corrected chi connectivity index (χ1v) is 4.32. The van der Waals surface area contributed by atoms with Gasteiger partial charge in [0.05, 0.1) is 13.2 Å². The van der Waals surface area contributed by atoms with E-state index in [1.807, 2.05) is 6.92 Å². The molecule has 0 spiro atoms. The number of ether oxygens (including phenoxy) is 1. The molecule has 0 aromatic carbocycles. The number of nitrogen functional groups attached to an aromatic ring is 1. The van der Waals surface area contributed by atoms with E-state index in [2.05, 4.69) is 4.98 Å². The number of rotatable bonds is 4. The Morgan fingerprint density at radius 2 is 2.29 bits per heavy atom. The molecule has 0 radical (unpaired) electrons. The van der Waals surface area contributed by atoms with Crippen LogP contribution in [-0.2, 0) is 11.3 Å². The Morgan fingerprint density at radius 3 is 2.86 bits per heavy atom. The minimum atomic E-state index is -0.505. The molecular weight excluding hydrogens is 186 g/mol. The Hall–Kier alpha value is -1.56. The third-order valence-electron chi connectivity index (χ3n) is 1.73. The minimum absolute atomic E-state index is 0.151. The van der Waals surface area contributed by atoms with Crippen molar-refractivity contribution in [1.82, 2.24) is 9.55 Å². The summed E-state index contributed by atoms with van der Waals surface area (Å²) in [6, 6.07) is 1.17. The molecule has 6 nitrogen and oxygen atoms in total. The highest BCUT2D eigenvalue weighted by atomic mass is 16.5. The Labute approximate surface area is 80.3 Å². The molecule has 6 heteroatoms. The lowest BCUT2D eigenvalue weighted by atomic mass is 10.5. The topological polar surface area (TPSA) is 90.1 Å². The molecule has 0 bridgehead atoms. The van der Waals surface area contributed by atoms with Crippen LogP contribution in [-0.4, -0.2) is 22.8 Å². The van der Waals surface area contributed by atoms with Crippen molar-refractivity contribution in [2.24, 2.45) is 0 Å². The van der Waals surface area contributed by atoms with Gasteiger partial charge in [-0.25, -0.2) is 4.79 Å². The van der Waals surface area contributed by atoms with Gasteiger partial charge in [-0.1, -0.05) is 0 Å². The highest BCUT2D eigenvalue weighted by Crippen LogP contribution is 1.92. The highest BCUT2D eigenvalue weighted by molar-refractivity contribution is 5.25. The summed E-state index contributed by atoms with van der Waals surface area (Å²) in [5.74, 6) is 0.151. The quantitative estimate of drug-likeness (QED) is 0.618. The Kier molecular flexibility index (Phi) is 3.47. The van der Waals surface area contributed by atoms with E-state index in [9.17, 15) is 9.59 Å². The third kappa shape index (κ3) is 2.46. The minimum Gasteiger partial charge on any atom is -0.385 e. The number of H-pyrrole nitrogens is 1. The second-order valence-electron chi connectivity index (χ2n) is 2.71. The SMILES string of the molecule is CCOCCn1c(N)cc(=O)[nH]c1=O. The van der Waals surface area contributed by atoms with Gasteiger partial charge in [-0.3, -0.25) is 14.3 Å². The summed E-state index contributed by atoms with van der Waals surface area (Å²) in [6.45, 7) is 3.18. The van der Waals surface area contributed by atoms with Crippen LogP contribution in [0.25, 0.3) is 0 Å². The molecule has 1 heterocycles. The molecule has 1 rings (SSSR count). The van der Waals surface area contributed by atoms with Gasteiger partial charge < -0.3 is 10.5 Å². The zero-order valence-corrected chi connectivity index (χ0v) is 7.95. The summed E-state index contributed by atoms with van der Waals surface area (Å²) in [6.07, 6.45) is 0. The van der Waals surface area contributed by atoms with E-state index in [0.717, 1.165) is 0 Å². The van der Waals surface area contributed by atoms with Gasteiger partial charge in [0.15, 0.2) is 0 Å². The first-order valence-electron chi connectivity index (χ1n) is 4.32. The van der Waals surface area contributed by atoms with Crippen LogP contribution in [0.1, 0.15) is 6.92 Å². The number of hydrogen-bond donors (Lipinski definition) is 2. The van der Waals surface area contributed by atoms with E-state index in [1.165, 1.54) is 10.6 Å². The lowest BCUT2D eigenvalue weighted by molar-refractivity contribution is 0.138. The van der Waals surface area contributed by atoms with Gasteiger partial charge >= 0.3 is 5.69 Å². The zero-order valence-electron chi connectivity index (χ0n) is 7.95. The molecule has 1 aromatic rings. The maximum atomic E-state index is 11.2. The fourth-order valence-electron chi connectivity index (χ4n) is 1.07. The fraction of sp³-hybridized carbons (Fsp3) is 0.500. The normalized spacial score (nSPS) is 10.4. The van der Waals surface area contributed by atoms with E-state index in [4.69, 9.17) is 10.5 Å². The van der Waals surface area contributed by atoms with Crippen molar-refractivity contribution in [1.29, 1.82) is 0 Å². The van der Waals surface area contributed by atoms with Crippen molar-refractivity contribution in [3.63, 3.8) is 0 Å². The van der Waals surface area contributed by atoms with Crippen molar-refractivity contribution < 1.29 is 4.74 Å². The summed E-state index contributed by atoms with van der Waals surface area (Å²) in [7, 11) is 0. The number of nitrogens with one attached hydrogen (secondary N) is 1. The van der Waals surface area contributed by atoms with Crippen LogP contribution in [0.4, 0.5) is 5.82 Å². The second kappa shape index (κ2) is 4.61. The molecule has 0 aliphatic heterocycles. The maximum Gasteiger partial charge on any atom is 0.329 e. The first-order chi connectivity index (χ1) is 6.65. The van der Waals surface area contributed by atoms with Crippen LogP contribution in [0, 0.1) is 0 Å². The van der Waals surface area contributed by atoms with Crippen LogP contribution in [0.2, 0.25) is 0 Å². The number of aromatic nitrogens is 2. The Balaban J connectivity index is 2.86. The second-order valence-corrected chi connectivity index (χ2v) is 2.71. The lowest BCUT2D eigenvalue weighted by Crippen LogP contribution is -2.32. The Morgan fingerprint density at radius 1 is 1.57 bits per heavy atom. The molecule has 0 fully saturated rings. The van der Waals surface area contributed by atoms with Crippen LogP contribution in [0.15, 0.2) is 15.7 Å². The largest absolute Gasteiger partial charge is 0.385 e. The number of anilines is 1. The molecule has 0 amide bonds. The molecule has 78 valence electrons. The molecule has 0 saturated heterocycles. The predicted molar refractivity (Wildman–Crippen MR) is 52.2 cm³/mol. The standard InChI is InChI=1S/C8H13N3O3/c1-2-14-4-3-11-6(9)5-7(12)10-8(11)13/h5H,2-4,9H2,1H3,(H,10,12,13). The van der Waals surface area contributed by atoms with E-state index < -0.39 is 11.2 Å². The molecule has 0 saturated carbocycles. The van der Waals surface area contributed by atoms with Gasteiger partial charge in [0, 0.05) is 12.7 Å². The molecule has 1 aromatic heterocycles. The van der Waals surface area contributed by atoms with Gasteiger partial charge in [0.2, 0.25) is 0 Å². The van der Waals surface area contributed by atoms with Crippen LogP contribution in [0.3, 0.4) is 0 Å². The van der Waals surface area contributed by atoms with E-state index in [1.54, 1.807) is 0 Å². The molecule has 3 N–H and O–H groups in total. The van der Waals surface area contributed by atoms with Gasteiger partial charge in [0.25, 0.3) is 5.56 Å². The van der Waals surface area contributed by atoms with Gasteiger partial charge in [0.1, 0.15) is 5.82 Å². The molecular formula is C8H13N3O3. The van der Waals surface area contributed by atoms with Gasteiger partial charge in [-0.05, 0) is 6.92 Å². The van der Waals surface area contributed by atoms with Crippen LogP contribution in [0.5, 0.6) is 0 Å².